The van der Waals surface area contributed by atoms with Crippen LogP contribution in [0.1, 0.15) is 21.9 Å². The lowest BCUT2D eigenvalue weighted by Crippen LogP contribution is -2.34. The number of nitrogens with one attached hydrogen (secondary N) is 1. The topological polar surface area (TPSA) is 59.4 Å². The lowest BCUT2D eigenvalue weighted by Gasteiger charge is -2.18. The second kappa shape index (κ2) is 6.66. The molecule has 128 valence electrons. The standard InChI is InChI=1S/C17H22N4O2S/c1-20-5-2-3-14(20)17(22)19-8-13-7-12-9-21(10-15(12)23-13)11-16-18-4-6-24-16/h2-6,12-13,15H,7-11H2,1H3,(H,19,22)/t12-,13-,15+/m1/s1. The number of fused-ring (bicyclic) bond motifs is 1. The molecule has 2 aliphatic rings. The van der Waals surface area contributed by atoms with E-state index < -0.39 is 0 Å². The Morgan fingerprint density at radius 3 is 3.12 bits per heavy atom. The summed E-state index contributed by atoms with van der Waals surface area (Å²) in [6.45, 7) is 3.53. The van der Waals surface area contributed by atoms with Crippen LogP contribution in [0.25, 0.3) is 0 Å². The Kier molecular flexibility index (Phi) is 4.39. The third-order valence-electron chi connectivity index (χ3n) is 4.90. The van der Waals surface area contributed by atoms with E-state index in [4.69, 9.17) is 4.74 Å². The first kappa shape index (κ1) is 15.8. The second-order valence-electron chi connectivity index (χ2n) is 6.63. The molecule has 0 bridgehead atoms. The Hall–Kier alpha value is -1.70. The van der Waals surface area contributed by atoms with Crippen LogP contribution in [0.2, 0.25) is 0 Å². The normalized spacial score (nSPS) is 26.6. The minimum Gasteiger partial charge on any atom is -0.371 e. The maximum Gasteiger partial charge on any atom is 0.267 e. The van der Waals surface area contributed by atoms with Gasteiger partial charge in [-0.25, -0.2) is 4.98 Å². The number of aromatic nitrogens is 2. The van der Waals surface area contributed by atoms with Gasteiger partial charge in [-0.1, -0.05) is 0 Å². The van der Waals surface area contributed by atoms with Crippen LogP contribution in [0.4, 0.5) is 0 Å². The minimum atomic E-state index is -0.0337. The third-order valence-corrected chi connectivity index (χ3v) is 5.66. The maximum atomic E-state index is 12.2. The van der Waals surface area contributed by atoms with Crippen LogP contribution < -0.4 is 5.32 Å². The van der Waals surface area contributed by atoms with E-state index in [1.807, 2.05) is 41.5 Å². The van der Waals surface area contributed by atoms with Crippen LogP contribution in [-0.2, 0) is 18.3 Å². The zero-order valence-corrected chi connectivity index (χ0v) is 14.5. The van der Waals surface area contributed by atoms with Crippen molar-refractivity contribution in [2.45, 2.75) is 25.2 Å². The molecule has 7 heteroatoms. The summed E-state index contributed by atoms with van der Waals surface area (Å²) in [4.78, 5) is 18.9. The van der Waals surface area contributed by atoms with Crippen LogP contribution in [0.5, 0.6) is 0 Å². The summed E-state index contributed by atoms with van der Waals surface area (Å²) >= 11 is 1.71. The van der Waals surface area contributed by atoms with Crippen molar-refractivity contribution in [2.75, 3.05) is 19.6 Å². The van der Waals surface area contributed by atoms with Crippen LogP contribution in [-0.4, -0.2) is 52.2 Å². The van der Waals surface area contributed by atoms with Crippen molar-refractivity contribution in [1.29, 1.82) is 0 Å². The van der Waals surface area contributed by atoms with Crippen LogP contribution in [0.15, 0.2) is 29.9 Å². The molecule has 0 radical (unpaired) electrons. The molecule has 0 unspecified atom stereocenters. The van der Waals surface area contributed by atoms with E-state index >= 15 is 0 Å². The molecule has 0 saturated carbocycles. The van der Waals surface area contributed by atoms with Gasteiger partial charge in [0.15, 0.2) is 0 Å². The third kappa shape index (κ3) is 3.24. The first-order valence-electron chi connectivity index (χ1n) is 8.35. The fourth-order valence-electron chi connectivity index (χ4n) is 3.73. The monoisotopic (exact) mass is 346 g/mol. The fourth-order valence-corrected chi connectivity index (χ4v) is 4.38. The molecular weight excluding hydrogens is 324 g/mol. The van der Waals surface area contributed by atoms with E-state index in [1.165, 1.54) is 5.01 Å². The molecule has 2 saturated heterocycles. The number of amides is 1. The molecular formula is C17H22N4O2S. The van der Waals surface area contributed by atoms with Gasteiger partial charge in [0.05, 0.1) is 18.8 Å². The molecule has 24 heavy (non-hydrogen) atoms. The highest BCUT2D eigenvalue weighted by Crippen LogP contribution is 2.33. The van der Waals surface area contributed by atoms with Crippen molar-refractivity contribution in [2.24, 2.45) is 13.0 Å². The van der Waals surface area contributed by atoms with Crippen molar-refractivity contribution in [3.8, 4) is 0 Å². The van der Waals surface area contributed by atoms with Gasteiger partial charge in [-0.15, -0.1) is 11.3 Å². The lowest BCUT2D eigenvalue weighted by atomic mass is 10.0. The highest BCUT2D eigenvalue weighted by molar-refractivity contribution is 7.09. The van der Waals surface area contributed by atoms with Crippen molar-refractivity contribution < 1.29 is 9.53 Å². The first-order valence-corrected chi connectivity index (χ1v) is 9.22. The number of hydrogen-bond acceptors (Lipinski definition) is 5. The molecule has 0 aliphatic carbocycles. The molecule has 0 spiro atoms. The second-order valence-corrected chi connectivity index (χ2v) is 7.61. The van der Waals surface area contributed by atoms with Crippen molar-refractivity contribution in [3.63, 3.8) is 0 Å². The molecule has 2 aromatic rings. The summed E-state index contributed by atoms with van der Waals surface area (Å²) in [5, 5.41) is 6.19. The van der Waals surface area contributed by atoms with Crippen LogP contribution >= 0.6 is 11.3 Å². The molecule has 2 aromatic heterocycles. The van der Waals surface area contributed by atoms with Gasteiger partial charge in [0, 0.05) is 50.4 Å². The van der Waals surface area contributed by atoms with Crippen molar-refractivity contribution in [1.82, 2.24) is 19.8 Å². The molecule has 4 rings (SSSR count). The molecule has 2 aliphatic heterocycles. The number of rotatable bonds is 5. The summed E-state index contributed by atoms with van der Waals surface area (Å²) in [6, 6.07) is 3.71. The largest absolute Gasteiger partial charge is 0.371 e. The molecule has 3 atom stereocenters. The Morgan fingerprint density at radius 1 is 1.50 bits per heavy atom. The maximum absolute atomic E-state index is 12.2. The summed E-state index contributed by atoms with van der Waals surface area (Å²) in [5.41, 5.74) is 0.683. The Morgan fingerprint density at radius 2 is 2.42 bits per heavy atom. The van der Waals surface area contributed by atoms with E-state index in [1.54, 1.807) is 11.3 Å². The number of ether oxygens (including phenoxy) is 1. The number of nitrogens with zero attached hydrogens (tertiary/aromatic N) is 3. The van der Waals surface area contributed by atoms with Gasteiger partial charge in [-0.3, -0.25) is 9.69 Å². The highest BCUT2D eigenvalue weighted by atomic mass is 32.1. The van der Waals surface area contributed by atoms with E-state index in [0.29, 0.717) is 24.3 Å². The minimum absolute atomic E-state index is 0.0337. The summed E-state index contributed by atoms with van der Waals surface area (Å²) in [6.07, 6.45) is 5.18. The lowest BCUT2D eigenvalue weighted by molar-refractivity contribution is 0.0371. The highest BCUT2D eigenvalue weighted by Gasteiger charge is 2.41. The first-order chi connectivity index (χ1) is 11.7. The molecule has 2 fully saturated rings. The molecule has 1 N–H and O–H groups in total. The number of carbonyl (C=O) groups is 1. The average Bonchev–Trinajstić information content (AvgIpc) is 3.29. The average molecular weight is 346 g/mol. The van der Waals surface area contributed by atoms with E-state index in [2.05, 4.69) is 15.2 Å². The van der Waals surface area contributed by atoms with Crippen molar-refractivity contribution >= 4 is 17.2 Å². The Labute approximate surface area is 145 Å². The Bertz CT molecular complexity index is 685. The predicted molar refractivity (Wildman–Crippen MR) is 91.9 cm³/mol. The number of aryl methyl sites for hydroxylation is 1. The fraction of sp³-hybridized carbons (Fsp3) is 0.529. The van der Waals surface area contributed by atoms with Gasteiger partial charge in [0.2, 0.25) is 0 Å². The van der Waals surface area contributed by atoms with Gasteiger partial charge in [-0.2, -0.15) is 0 Å². The zero-order chi connectivity index (χ0) is 16.5. The van der Waals surface area contributed by atoms with E-state index in [-0.39, 0.29) is 12.0 Å². The van der Waals surface area contributed by atoms with Gasteiger partial charge in [-0.05, 0) is 18.6 Å². The quantitative estimate of drug-likeness (QED) is 0.891. The SMILES string of the molecule is Cn1cccc1C(=O)NC[C@H]1C[C@@H]2CN(Cc3nccs3)C[C@@H]2O1. The number of thiazole rings is 1. The van der Waals surface area contributed by atoms with Crippen LogP contribution in [0.3, 0.4) is 0 Å². The molecule has 4 heterocycles. The summed E-state index contributed by atoms with van der Waals surface area (Å²) < 4.78 is 7.98. The Balaban J connectivity index is 1.24. The zero-order valence-electron chi connectivity index (χ0n) is 13.7. The van der Waals surface area contributed by atoms with Gasteiger partial charge >= 0.3 is 0 Å². The van der Waals surface area contributed by atoms with Gasteiger partial charge < -0.3 is 14.6 Å². The summed E-state index contributed by atoms with van der Waals surface area (Å²) in [5.74, 6) is 0.537. The van der Waals surface area contributed by atoms with Gasteiger partial charge in [0.1, 0.15) is 10.7 Å². The van der Waals surface area contributed by atoms with Crippen molar-refractivity contribution in [3.05, 3.63) is 40.6 Å². The van der Waals surface area contributed by atoms with Gasteiger partial charge in [0.25, 0.3) is 5.91 Å². The summed E-state index contributed by atoms with van der Waals surface area (Å²) in [7, 11) is 1.88. The number of carbonyl (C=O) groups excluding carboxylic acids is 1. The van der Waals surface area contributed by atoms with E-state index in [0.717, 1.165) is 26.1 Å². The predicted octanol–water partition coefficient (Wildman–Crippen LogP) is 1.50. The molecule has 0 aromatic carbocycles. The smallest absolute Gasteiger partial charge is 0.267 e. The van der Waals surface area contributed by atoms with E-state index in [9.17, 15) is 4.79 Å². The number of likely N-dealkylation sites (tertiary alicyclic amines) is 1. The molecule has 6 nitrogen and oxygen atoms in total. The molecule has 1 amide bonds. The number of hydrogen-bond donors (Lipinski definition) is 1. The van der Waals surface area contributed by atoms with Crippen LogP contribution in [0, 0.1) is 5.92 Å².